The second-order valence-corrected chi connectivity index (χ2v) is 3.62. The van der Waals surface area contributed by atoms with Crippen LogP contribution in [0.15, 0.2) is 18.5 Å². The summed E-state index contributed by atoms with van der Waals surface area (Å²) in [6.07, 6.45) is 6.21. The quantitative estimate of drug-likeness (QED) is 0.594. The fourth-order valence-corrected chi connectivity index (χ4v) is 1.39. The van der Waals surface area contributed by atoms with Gasteiger partial charge in [-0.1, -0.05) is 6.92 Å². The summed E-state index contributed by atoms with van der Waals surface area (Å²) >= 11 is 0. The Morgan fingerprint density at radius 3 is 2.60 bits per heavy atom. The molecule has 0 saturated heterocycles. The van der Waals surface area contributed by atoms with Crippen LogP contribution in [0.3, 0.4) is 0 Å². The fourth-order valence-electron chi connectivity index (χ4n) is 1.39. The molecule has 0 aromatic carbocycles. The van der Waals surface area contributed by atoms with Gasteiger partial charge >= 0.3 is 0 Å². The van der Waals surface area contributed by atoms with Gasteiger partial charge in [-0.15, -0.1) is 0 Å². The molecule has 86 valence electrons. The van der Waals surface area contributed by atoms with Crippen LogP contribution >= 0.6 is 0 Å². The minimum atomic E-state index is 0.954. The number of rotatable bonds is 9. The molecule has 0 bridgehead atoms. The number of hydrogen-bond acceptors (Lipinski definition) is 3. The van der Waals surface area contributed by atoms with Crippen LogP contribution in [0.4, 0.5) is 0 Å². The van der Waals surface area contributed by atoms with Crippen LogP contribution in [0.1, 0.15) is 19.8 Å². The summed E-state index contributed by atoms with van der Waals surface area (Å²) in [5.41, 5.74) is 0. The third kappa shape index (κ3) is 6.25. The summed E-state index contributed by atoms with van der Waals surface area (Å²) < 4.78 is 1.95. The first-order valence-corrected chi connectivity index (χ1v) is 5.82. The molecule has 0 unspecified atom stereocenters. The highest BCUT2D eigenvalue weighted by molar-refractivity contribution is 4.77. The van der Waals surface area contributed by atoms with Crippen molar-refractivity contribution in [3.8, 4) is 0 Å². The maximum Gasteiger partial charge on any atom is 0.0533 e. The van der Waals surface area contributed by atoms with Crippen LogP contribution in [-0.4, -0.2) is 36.0 Å². The summed E-state index contributed by atoms with van der Waals surface area (Å²) in [6.45, 7) is 7.47. The van der Waals surface area contributed by atoms with E-state index in [1.54, 1.807) is 0 Å². The van der Waals surface area contributed by atoms with Gasteiger partial charge in [0, 0.05) is 18.9 Å². The zero-order valence-corrected chi connectivity index (χ0v) is 9.58. The molecule has 0 atom stereocenters. The summed E-state index contributed by atoms with van der Waals surface area (Å²) in [7, 11) is 0. The second-order valence-electron chi connectivity index (χ2n) is 3.62. The van der Waals surface area contributed by atoms with E-state index in [1.807, 2.05) is 23.1 Å². The maximum absolute atomic E-state index is 4.14. The summed E-state index contributed by atoms with van der Waals surface area (Å²) in [5.74, 6) is 0. The fraction of sp³-hybridized carbons (Fsp3) is 0.727. The summed E-state index contributed by atoms with van der Waals surface area (Å²) in [6, 6.07) is 1.95. The van der Waals surface area contributed by atoms with E-state index in [0.717, 1.165) is 32.7 Å². The highest BCUT2D eigenvalue weighted by atomic mass is 15.3. The summed E-state index contributed by atoms with van der Waals surface area (Å²) in [5, 5.41) is 10.9. The lowest BCUT2D eigenvalue weighted by Crippen LogP contribution is -2.25. The standard InChI is InChI=1S/C11H22N4/c1-2-5-12-6-3-7-13-9-11-15-10-4-8-14-15/h4,8,10,12-13H,2-3,5-7,9,11H2,1H3. The van der Waals surface area contributed by atoms with Gasteiger partial charge in [0.2, 0.25) is 0 Å². The van der Waals surface area contributed by atoms with Gasteiger partial charge in [0.25, 0.3) is 0 Å². The molecular formula is C11H22N4. The first kappa shape index (κ1) is 12.2. The molecule has 1 heterocycles. The average molecular weight is 210 g/mol. The first-order valence-electron chi connectivity index (χ1n) is 5.82. The molecule has 0 fully saturated rings. The Kier molecular flexibility index (Phi) is 6.86. The van der Waals surface area contributed by atoms with Gasteiger partial charge in [0.1, 0.15) is 0 Å². The first-order chi connectivity index (χ1) is 7.43. The average Bonchev–Trinajstić information content (AvgIpc) is 2.75. The second kappa shape index (κ2) is 8.44. The van der Waals surface area contributed by atoms with Gasteiger partial charge in [-0.2, -0.15) is 5.10 Å². The van der Waals surface area contributed by atoms with Crippen LogP contribution in [0.5, 0.6) is 0 Å². The van der Waals surface area contributed by atoms with E-state index in [2.05, 4.69) is 22.7 Å². The van der Waals surface area contributed by atoms with Gasteiger partial charge in [0.15, 0.2) is 0 Å². The van der Waals surface area contributed by atoms with Crippen molar-refractivity contribution in [2.45, 2.75) is 26.3 Å². The Balaban J connectivity index is 1.81. The third-order valence-corrected chi connectivity index (χ3v) is 2.21. The molecule has 0 spiro atoms. The van der Waals surface area contributed by atoms with Crippen LogP contribution in [-0.2, 0) is 6.54 Å². The lowest BCUT2D eigenvalue weighted by molar-refractivity contribution is 0.536. The van der Waals surface area contributed by atoms with Crippen molar-refractivity contribution in [2.24, 2.45) is 0 Å². The van der Waals surface area contributed by atoms with Crippen LogP contribution in [0.2, 0.25) is 0 Å². The predicted molar refractivity (Wildman–Crippen MR) is 62.9 cm³/mol. The van der Waals surface area contributed by atoms with Crippen LogP contribution in [0, 0.1) is 0 Å². The Morgan fingerprint density at radius 2 is 1.93 bits per heavy atom. The lowest BCUT2D eigenvalue weighted by atomic mass is 10.4. The van der Waals surface area contributed by atoms with E-state index < -0.39 is 0 Å². The molecule has 0 aliphatic carbocycles. The van der Waals surface area contributed by atoms with Gasteiger partial charge in [-0.25, -0.2) is 0 Å². The molecule has 15 heavy (non-hydrogen) atoms. The molecule has 4 heteroatoms. The van der Waals surface area contributed by atoms with Gasteiger partial charge in [-0.3, -0.25) is 4.68 Å². The number of hydrogen-bond donors (Lipinski definition) is 2. The zero-order valence-electron chi connectivity index (χ0n) is 9.58. The lowest BCUT2D eigenvalue weighted by Gasteiger charge is -2.05. The van der Waals surface area contributed by atoms with Crippen molar-refractivity contribution in [3.63, 3.8) is 0 Å². The Hall–Kier alpha value is -0.870. The van der Waals surface area contributed by atoms with Crippen molar-refractivity contribution >= 4 is 0 Å². The molecule has 1 aromatic rings. The van der Waals surface area contributed by atoms with E-state index >= 15 is 0 Å². The smallest absolute Gasteiger partial charge is 0.0533 e. The minimum Gasteiger partial charge on any atom is -0.317 e. The molecule has 1 aromatic heterocycles. The molecule has 4 nitrogen and oxygen atoms in total. The Morgan fingerprint density at radius 1 is 1.13 bits per heavy atom. The third-order valence-electron chi connectivity index (χ3n) is 2.21. The van der Waals surface area contributed by atoms with Crippen molar-refractivity contribution in [3.05, 3.63) is 18.5 Å². The molecule has 1 rings (SSSR count). The van der Waals surface area contributed by atoms with Crippen LogP contribution < -0.4 is 10.6 Å². The predicted octanol–water partition coefficient (Wildman–Crippen LogP) is 0.862. The van der Waals surface area contributed by atoms with E-state index in [9.17, 15) is 0 Å². The Labute approximate surface area is 92.1 Å². The molecule has 0 radical (unpaired) electrons. The van der Waals surface area contributed by atoms with Gasteiger partial charge in [-0.05, 0) is 38.5 Å². The number of nitrogens with one attached hydrogen (secondary N) is 2. The summed E-state index contributed by atoms with van der Waals surface area (Å²) in [4.78, 5) is 0. The topological polar surface area (TPSA) is 41.9 Å². The number of nitrogens with zero attached hydrogens (tertiary/aromatic N) is 2. The van der Waals surface area contributed by atoms with Crippen molar-refractivity contribution in [1.29, 1.82) is 0 Å². The molecule has 0 amide bonds. The largest absolute Gasteiger partial charge is 0.317 e. The van der Waals surface area contributed by atoms with E-state index in [1.165, 1.54) is 12.8 Å². The Bertz CT molecular complexity index is 221. The van der Waals surface area contributed by atoms with Gasteiger partial charge in [0.05, 0.1) is 6.54 Å². The zero-order chi connectivity index (χ0) is 10.8. The van der Waals surface area contributed by atoms with Crippen LogP contribution in [0.25, 0.3) is 0 Å². The van der Waals surface area contributed by atoms with Crippen molar-refractivity contribution in [2.75, 3.05) is 26.2 Å². The van der Waals surface area contributed by atoms with E-state index in [4.69, 9.17) is 0 Å². The van der Waals surface area contributed by atoms with E-state index in [-0.39, 0.29) is 0 Å². The van der Waals surface area contributed by atoms with Gasteiger partial charge < -0.3 is 10.6 Å². The number of aromatic nitrogens is 2. The molecule has 0 aliphatic rings. The van der Waals surface area contributed by atoms with E-state index in [0.29, 0.717) is 0 Å². The molecular weight excluding hydrogens is 188 g/mol. The molecule has 0 aliphatic heterocycles. The monoisotopic (exact) mass is 210 g/mol. The normalized spacial score (nSPS) is 10.7. The SMILES string of the molecule is CCCNCCCNCCn1cccn1. The minimum absolute atomic E-state index is 0.954. The maximum atomic E-state index is 4.14. The molecule has 2 N–H and O–H groups in total. The van der Waals surface area contributed by atoms with Crippen molar-refractivity contribution < 1.29 is 0 Å². The highest BCUT2D eigenvalue weighted by Gasteiger charge is 1.90. The molecule has 0 saturated carbocycles. The van der Waals surface area contributed by atoms with Crippen molar-refractivity contribution in [1.82, 2.24) is 20.4 Å². The highest BCUT2D eigenvalue weighted by Crippen LogP contribution is 1.82.